The van der Waals surface area contributed by atoms with Gasteiger partial charge in [0.1, 0.15) is 0 Å². The van der Waals surface area contributed by atoms with Gasteiger partial charge in [-0.3, -0.25) is 9.79 Å². The van der Waals surface area contributed by atoms with Crippen LogP contribution in [0.4, 0.5) is 0 Å². The molecule has 25 heavy (non-hydrogen) atoms. The van der Waals surface area contributed by atoms with Crippen molar-refractivity contribution in [3.05, 3.63) is 23.8 Å². The number of ether oxygens (including phenoxy) is 3. The average molecular weight is 465 g/mol. The van der Waals surface area contributed by atoms with E-state index >= 15 is 0 Å². The Bertz CT molecular complexity index is 567. The van der Waals surface area contributed by atoms with Gasteiger partial charge in [-0.05, 0) is 24.1 Å². The highest BCUT2D eigenvalue weighted by atomic mass is 127. The van der Waals surface area contributed by atoms with Crippen LogP contribution in [0.15, 0.2) is 23.2 Å². The van der Waals surface area contributed by atoms with Crippen molar-refractivity contribution in [2.24, 2.45) is 10.9 Å². The minimum atomic E-state index is -0.247. The third-order valence-electron chi connectivity index (χ3n) is 3.56. The molecule has 0 radical (unpaired) electrons. The van der Waals surface area contributed by atoms with Crippen LogP contribution in [0, 0.1) is 5.92 Å². The lowest BCUT2D eigenvalue weighted by atomic mass is 10.1. The van der Waals surface area contributed by atoms with Gasteiger partial charge in [-0.25, -0.2) is 0 Å². The van der Waals surface area contributed by atoms with E-state index in [-0.39, 0.29) is 35.9 Å². The molecule has 0 heterocycles. The number of carbonyl (C=O) groups is 1. The predicted molar refractivity (Wildman–Crippen MR) is 109 cm³/mol. The average Bonchev–Trinajstić information content (AvgIpc) is 2.63. The topological polar surface area (TPSA) is 81.2 Å². The lowest BCUT2D eigenvalue weighted by molar-refractivity contribution is -0.144. The van der Waals surface area contributed by atoms with Gasteiger partial charge < -0.3 is 24.8 Å². The SMILES string of the molecule is CN=C(NCCc1ccc(OC)c(OC)c1)NCC(C)C(=O)OC.I. The first-order valence-corrected chi connectivity index (χ1v) is 7.79. The standard InChI is InChI=1S/C17H27N3O4.HI/c1-12(16(21)24-5)11-20-17(18-2)19-9-8-13-6-7-14(22-3)15(10-13)23-4;/h6-7,10,12H,8-9,11H2,1-5H3,(H2,18,19,20);1H. The van der Waals surface area contributed by atoms with Crippen molar-refractivity contribution < 1.29 is 19.0 Å². The van der Waals surface area contributed by atoms with Crippen molar-refractivity contribution in [1.29, 1.82) is 0 Å². The first-order valence-electron chi connectivity index (χ1n) is 7.79. The lowest BCUT2D eigenvalue weighted by Gasteiger charge is -2.15. The largest absolute Gasteiger partial charge is 0.493 e. The maximum Gasteiger partial charge on any atom is 0.310 e. The molecule has 0 bridgehead atoms. The van der Waals surface area contributed by atoms with Crippen LogP contribution in [0.2, 0.25) is 0 Å². The second-order valence-electron chi connectivity index (χ2n) is 5.24. The van der Waals surface area contributed by atoms with E-state index in [9.17, 15) is 4.79 Å². The number of halogens is 1. The summed E-state index contributed by atoms with van der Waals surface area (Å²) in [5.41, 5.74) is 1.12. The number of guanidine groups is 1. The Balaban J connectivity index is 0.00000576. The smallest absolute Gasteiger partial charge is 0.310 e. The molecule has 1 aromatic rings. The molecule has 1 rings (SSSR count). The molecule has 0 aromatic heterocycles. The number of aliphatic imine (C=N–C) groups is 1. The summed E-state index contributed by atoms with van der Waals surface area (Å²) in [4.78, 5) is 15.5. The molecule has 7 nitrogen and oxygen atoms in total. The van der Waals surface area contributed by atoms with Gasteiger partial charge in [-0.15, -0.1) is 24.0 Å². The number of rotatable bonds is 8. The minimum absolute atomic E-state index is 0. The fraction of sp³-hybridized carbons (Fsp3) is 0.529. The molecule has 0 saturated carbocycles. The number of hydrogen-bond donors (Lipinski definition) is 2. The summed E-state index contributed by atoms with van der Waals surface area (Å²) in [6.07, 6.45) is 0.799. The molecule has 1 aromatic carbocycles. The molecule has 2 N–H and O–H groups in total. The summed E-state index contributed by atoms with van der Waals surface area (Å²) in [5, 5.41) is 6.32. The van der Waals surface area contributed by atoms with Crippen LogP contribution < -0.4 is 20.1 Å². The Labute approximate surface area is 166 Å². The van der Waals surface area contributed by atoms with Crippen LogP contribution in [-0.4, -0.2) is 53.4 Å². The van der Waals surface area contributed by atoms with Gasteiger partial charge in [-0.2, -0.15) is 0 Å². The maximum absolute atomic E-state index is 11.4. The molecule has 0 spiro atoms. The number of benzene rings is 1. The summed E-state index contributed by atoms with van der Waals surface area (Å²) in [5.74, 6) is 1.59. The third kappa shape index (κ3) is 7.80. The van der Waals surface area contributed by atoms with Crippen LogP contribution in [0.25, 0.3) is 0 Å². The Morgan fingerprint density at radius 1 is 1.16 bits per heavy atom. The second-order valence-corrected chi connectivity index (χ2v) is 5.24. The first-order chi connectivity index (χ1) is 11.5. The van der Waals surface area contributed by atoms with E-state index in [4.69, 9.17) is 14.2 Å². The van der Waals surface area contributed by atoms with Gasteiger partial charge >= 0.3 is 5.97 Å². The monoisotopic (exact) mass is 465 g/mol. The van der Waals surface area contributed by atoms with E-state index in [1.54, 1.807) is 28.2 Å². The number of esters is 1. The van der Waals surface area contributed by atoms with Crippen molar-refractivity contribution in [1.82, 2.24) is 10.6 Å². The van der Waals surface area contributed by atoms with Crippen LogP contribution in [0.3, 0.4) is 0 Å². The molecular formula is C17H28IN3O4. The normalized spacial score (nSPS) is 11.8. The molecule has 1 atom stereocenters. The fourth-order valence-corrected chi connectivity index (χ4v) is 2.12. The van der Waals surface area contributed by atoms with Crippen molar-refractivity contribution in [3.8, 4) is 11.5 Å². The van der Waals surface area contributed by atoms with Gasteiger partial charge in [0.25, 0.3) is 0 Å². The fourth-order valence-electron chi connectivity index (χ4n) is 2.12. The molecule has 0 aliphatic carbocycles. The summed E-state index contributed by atoms with van der Waals surface area (Å²) in [6, 6.07) is 5.84. The number of methoxy groups -OCH3 is 3. The van der Waals surface area contributed by atoms with Gasteiger partial charge in [0.2, 0.25) is 0 Å². The van der Waals surface area contributed by atoms with E-state index in [1.165, 1.54) is 7.11 Å². The maximum atomic E-state index is 11.4. The molecular weight excluding hydrogens is 437 g/mol. The molecule has 0 aliphatic heterocycles. The predicted octanol–water partition coefficient (Wildman–Crippen LogP) is 1.84. The summed E-state index contributed by atoms with van der Waals surface area (Å²) in [7, 11) is 6.31. The van der Waals surface area contributed by atoms with E-state index in [0.717, 1.165) is 12.0 Å². The quantitative estimate of drug-likeness (QED) is 0.264. The van der Waals surface area contributed by atoms with E-state index in [0.29, 0.717) is 30.5 Å². The van der Waals surface area contributed by atoms with E-state index in [2.05, 4.69) is 15.6 Å². The van der Waals surface area contributed by atoms with Crippen LogP contribution in [0.1, 0.15) is 12.5 Å². The van der Waals surface area contributed by atoms with Crippen LogP contribution in [-0.2, 0) is 16.0 Å². The Kier molecular flexibility index (Phi) is 11.8. The van der Waals surface area contributed by atoms with Gasteiger partial charge in [-0.1, -0.05) is 13.0 Å². The zero-order valence-corrected chi connectivity index (χ0v) is 17.7. The van der Waals surface area contributed by atoms with Crippen molar-refractivity contribution in [2.75, 3.05) is 41.5 Å². The third-order valence-corrected chi connectivity index (χ3v) is 3.56. The highest BCUT2D eigenvalue weighted by molar-refractivity contribution is 14.0. The van der Waals surface area contributed by atoms with E-state index in [1.807, 2.05) is 18.2 Å². The highest BCUT2D eigenvalue weighted by Gasteiger charge is 2.13. The Hall–Kier alpha value is -1.71. The summed E-state index contributed by atoms with van der Waals surface area (Å²) in [6.45, 7) is 2.96. The first kappa shape index (κ1) is 23.3. The van der Waals surface area contributed by atoms with Gasteiger partial charge in [0.15, 0.2) is 17.5 Å². The van der Waals surface area contributed by atoms with Crippen LogP contribution in [0.5, 0.6) is 11.5 Å². The van der Waals surface area contributed by atoms with Crippen molar-refractivity contribution >= 4 is 35.9 Å². The Morgan fingerprint density at radius 2 is 1.84 bits per heavy atom. The molecule has 0 fully saturated rings. The zero-order chi connectivity index (χ0) is 17.9. The van der Waals surface area contributed by atoms with E-state index < -0.39 is 0 Å². The summed E-state index contributed by atoms with van der Waals surface area (Å²) < 4.78 is 15.2. The molecule has 142 valence electrons. The second kappa shape index (κ2) is 12.6. The highest BCUT2D eigenvalue weighted by Crippen LogP contribution is 2.27. The molecule has 1 unspecified atom stereocenters. The summed E-state index contributed by atoms with van der Waals surface area (Å²) >= 11 is 0. The van der Waals surface area contributed by atoms with Crippen LogP contribution >= 0.6 is 24.0 Å². The van der Waals surface area contributed by atoms with Crippen molar-refractivity contribution in [3.63, 3.8) is 0 Å². The lowest BCUT2D eigenvalue weighted by Crippen LogP contribution is -2.41. The van der Waals surface area contributed by atoms with Crippen molar-refractivity contribution in [2.45, 2.75) is 13.3 Å². The van der Waals surface area contributed by atoms with Gasteiger partial charge in [0.05, 0.1) is 27.2 Å². The number of nitrogens with zero attached hydrogens (tertiary/aromatic N) is 1. The molecule has 0 amide bonds. The zero-order valence-electron chi connectivity index (χ0n) is 15.4. The molecule has 8 heteroatoms. The number of carbonyl (C=O) groups excluding carboxylic acids is 1. The molecule has 0 aliphatic rings. The minimum Gasteiger partial charge on any atom is -0.493 e. The Morgan fingerprint density at radius 3 is 2.40 bits per heavy atom. The number of nitrogens with one attached hydrogen (secondary N) is 2. The molecule has 0 saturated heterocycles. The van der Waals surface area contributed by atoms with Gasteiger partial charge in [0, 0.05) is 20.1 Å². The number of hydrogen-bond acceptors (Lipinski definition) is 5.